The van der Waals surface area contributed by atoms with Gasteiger partial charge >= 0.3 is 12.1 Å². The highest BCUT2D eigenvalue weighted by atomic mass is 16.6. The highest BCUT2D eigenvalue weighted by molar-refractivity contribution is 5.86. The Bertz CT molecular complexity index is 560. The summed E-state index contributed by atoms with van der Waals surface area (Å²) in [7, 11) is 0. The van der Waals surface area contributed by atoms with E-state index in [1.54, 1.807) is 17.0 Å². The Balaban J connectivity index is 1.96. The molecule has 1 aromatic heterocycles. The van der Waals surface area contributed by atoms with Crippen LogP contribution in [0.1, 0.15) is 31.3 Å². The van der Waals surface area contributed by atoms with Crippen LogP contribution in [-0.2, 0) is 4.74 Å². The van der Waals surface area contributed by atoms with Crippen molar-refractivity contribution in [2.45, 2.75) is 26.4 Å². The number of anilines is 1. The number of nitrogens with zero attached hydrogens (tertiary/aromatic N) is 3. The van der Waals surface area contributed by atoms with Crippen molar-refractivity contribution in [3.8, 4) is 0 Å². The number of ether oxygens (including phenoxy) is 1. The first-order chi connectivity index (χ1) is 10.3. The van der Waals surface area contributed by atoms with Gasteiger partial charge in [-0.2, -0.15) is 0 Å². The van der Waals surface area contributed by atoms with E-state index in [0.717, 1.165) is 5.69 Å². The number of piperazine rings is 1. The SMILES string of the molecule is CC(C)(C)OC(=O)N1CCN(c2ccnc(C(=O)O)c2)CC1. The Labute approximate surface area is 129 Å². The smallest absolute Gasteiger partial charge is 0.410 e. The van der Waals surface area contributed by atoms with Crippen LogP contribution in [0.2, 0.25) is 0 Å². The number of carbonyl (C=O) groups excluding carboxylic acids is 1. The van der Waals surface area contributed by atoms with E-state index in [2.05, 4.69) is 4.98 Å². The second kappa shape index (κ2) is 6.21. The Morgan fingerprint density at radius 1 is 1.23 bits per heavy atom. The van der Waals surface area contributed by atoms with E-state index in [1.807, 2.05) is 25.7 Å². The van der Waals surface area contributed by atoms with Crippen LogP contribution in [0.25, 0.3) is 0 Å². The van der Waals surface area contributed by atoms with E-state index < -0.39 is 11.6 Å². The molecular weight excluding hydrogens is 286 g/mol. The van der Waals surface area contributed by atoms with Crippen molar-refractivity contribution in [2.24, 2.45) is 0 Å². The molecule has 1 amide bonds. The van der Waals surface area contributed by atoms with Gasteiger partial charge in [0.1, 0.15) is 11.3 Å². The molecule has 0 radical (unpaired) electrons. The third-order valence-corrected chi connectivity index (χ3v) is 3.26. The molecule has 2 rings (SSSR count). The fourth-order valence-corrected chi connectivity index (χ4v) is 2.21. The first-order valence-corrected chi connectivity index (χ1v) is 7.18. The van der Waals surface area contributed by atoms with Gasteiger partial charge in [0.2, 0.25) is 0 Å². The molecule has 0 bridgehead atoms. The van der Waals surface area contributed by atoms with Crippen molar-refractivity contribution < 1.29 is 19.4 Å². The van der Waals surface area contributed by atoms with Crippen molar-refractivity contribution in [3.05, 3.63) is 24.0 Å². The monoisotopic (exact) mass is 307 g/mol. The molecule has 0 aromatic carbocycles. The average molecular weight is 307 g/mol. The largest absolute Gasteiger partial charge is 0.477 e. The first kappa shape index (κ1) is 16.1. The van der Waals surface area contributed by atoms with Gasteiger partial charge in [0.05, 0.1) is 0 Å². The predicted molar refractivity (Wildman–Crippen MR) is 81.2 cm³/mol. The molecule has 7 heteroatoms. The van der Waals surface area contributed by atoms with E-state index in [1.165, 1.54) is 6.20 Å². The summed E-state index contributed by atoms with van der Waals surface area (Å²) < 4.78 is 5.35. The summed E-state index contributed by atoms with van der Waals surface area (Å²) >= 11 is 0. The van der Waals surface area contributed by atoms with Crippen LogP contribution < -0.4 is 4.90 Å². The minimum Gasteiger partial charge on any atom is -0.477 e. The lowest BCUT2D eigenvalue weighted by Gasteiger charge is -2.36. The third-order valence-electron chi connectivity index (χ3n) is 3.26. The van der Waals surface area contributed by atoms with Gasteiger partial charge in [-0.15, -0.1) is 0 Å². The van der Waals surface area contributed by atoms with E-state index in [4.69, 9.17) is 9.84 Å². The molecule has 0 atom stereocenters. The summed E-state index contributed by atoms with van der Waals surface area (Å²) in [6.45, 7) is 7.85. The second-order valence-electron chi connectivity index (χ2n) is 6.16. The van der Waals surface area contributed by atoms with Gasteiger partial charge in [0, 0.05) is 38.1 Å². The van der Waals surface area contributed by atoms with Gasteiger partial charge in [0.25, 0.3) is 0 Å². The van der Waals surface area contributed by atoms with Crippen LogP contribution in [0.15, 0.2) is 18.3 Å². The van der Waals surface area contributed by atoms with Crippen molar-refractivity contribution >= 4 is 17.7 Å². The molecule has 2 heterocycles. The van der Waals surface area contributed by atoms with Crippen LogP contribution in [0.5, 0.6) is 0 Å². The molecule has 1 fully saturated rings. The summed E-state index contributed by atoms with van der Waals surface area (Å²) in [5.41, 5.74) is 0.318. The molecule has 1 aromatic rings. The maximum absolute atomic E-state index is 12.0. The number of hydrogen-bond acceptors (Lipinski definition) is 5. The van der Waals surface area contributed by atoms with Gasteiger partial charge in [-0.05, 0) is 32.9 Å². The Morgan fingerprint density at radius 3 is 2.41 bits per heavy atom. The minimum absolute atomic E-state index is 0.0204. The van der Waals surface area contributed by atoms with Crippen LogP contribution in [-0.4, -0.2) is 58.8 Å². The van der Waals surface area contributed by atoms with Gasteiger partial charge in [-0.25, -0.2) is 14.6 Å². The van der Waals surface area contributed by atoms with E-state index in [9.17, 15) is 9.59 Å². The normalized spacial score (nSPS) is 15.6. The molecule has 0 aliphatic carbocycles. The summed E-state index contributed by atoms with van der Waals surface area (Å²) in [5, 5.41) is 8.98. The Morgan fingerprint density at radius 2 is 1.86 bits per heavy atom. The molecule has 1 N–H and O–H groups in total. The zero-order valence-electron chi connectivity index (χ0n) is 13.1. The van der Waals surface area contributed by atoms with Crippen molar-refractivity contribution in [1.29, 1.82) is 0 Å². The van der Waals surface area contributed by atoms with Crippen LogP contribution in [0, 0.1) is 0 Å². The fourth-order valence-electron chi connectivity index (χ4n) is 2.21. The number of amides is 1. The minimum atomic E-state index is -1.05. The number of aromatic carboxylic acids is 1. The summed E-state index contributed by atoms with van der Waals surface area (Å²) in [6.07, 6.45) is 1.17. The number of aromatic nitrogens is 1. The highest BCUT2D eigenvalue weighted by Crippen LogP contribution is 2.18. The number of carboxylic acid groups (broad SMARTS) is 1. The standard InChI is InChI=1S/C15H21N3O4/c1-15(2,3)22-14(21)18-8-6-17(7-9-18)11-4-5-16-12(10-11)13(19)20/h4-5,10H,6-9H2,1-3H3,(H,19,20). The highest BCUT2D eigenvalue weighted by Gasteiger charge is 2.26. The van der Waals surface area contributed by atoms with E-state index in [-0.39, 0.29) is 11.8 Å². The maximum Gasteiger partial charge on any atom is 0.410 e. The Kier molecular flexibility index (Phi) is 4.54. The van der Waals surface area contributed by atoms with Crippen molar-refractivity contribution in [2.75, 3.05) is 31.1 Å². The van der Waals surface area contributed by atoms with Gasteiger partial charge in [0.15, 0.2) is 0 Å². The number of carboxylic acids is 1. The lowest BCUT2D eigenvalue weighted by molar-refractivity contribution is 0.0240. The number of carbonyl (C=O) groups is 2. The fraction of sp³-hybridized carbons (Fsp3) is 0.533. The van der Waals surface area contributed by atoms with E-state index >= 15 is 0 Å². The molecule has 1 aliphatic rings. The van der Waals surface area contributed by atoms with Crippen LogP contribution in [0.4, 0.5) is 10.5 Å². The molecule has 0 spiro atoms. The lowest BCUT2D eigenvalue weighted by Crippen LogP contribution is -2.50. The molecular formula is C15H21N3O4. The van der Waals surface area contributed by atoms with Gasteiger partial charge in [-0.3, -0.25) is 0 Å². The molecule has 7 nitrogen and oxygen atoms in total. The number of pyridine rings is 1. The van der Waals surface area contributed by atoms with Gasteiger partial charge < -0.3 is 19.6 Å². The predicted octanol–water partition coefficient (Wildman–Crippen LogP) is 1.84. The summed E-state index contributed by atoms with van der Waals surface area (Å²) in [4.78, 5) is 30.5. The molecule has 1 aliphatic heterocycles. The number of rotatable bonds is 2. The van der Waals surface area contributed by atoms with Crippen molar-refractivity contribution in [3.63, 3.8) is 0 Å². The molecule has 0 unspecified atom stereocenters. The zero-order chi connectivity index (χ0) is 16.3. The van der Waals surface area contributed by atoms with E-state index in [0.29, 0.717) is 26.2 Å². The molecule has 22 heavy (non-hydrogen) atoms. The zero-order valence-corrected chi connectivity index (χ0v) is 13.1. The molecule has 0 saturated carbocycles. The summed E-state index contributed by atoms with van der Waals surface area (Å²) in [5.74, 6) is -1.05. The molecule has 1 saturated heterocycles. The summed E-state index contributed by atoms with van der Waals surface area (Å²) in [6, 6.07) is 3.32. The average Bonchev–Trinajstić information content (AvgIpc) is 2.46. The third kappa shape index (κ3) is 4.09. The first-order valence-electron chi connectivity index (χ1n) is 7.18. The van der Waals surface area contributed by atoms with Crippen LogP contribution in [0.3, 0.4) is 0 Å². The van der Waals surface area contributed by atoms with Crippen molar-refractivity contribution in [1.82, 2.24) is 9.88 Å². The quantitative estimate of drug-likeness (QED) is 0.897. The number of hydrogen-bond donors (Lipinski definition) is 1. The van der Waals surface area contributed by atoms with Crippen LogP contribution >= 0.6 is 0 Å². The maximum atomic E-state index is 12.0. The Hall–Kier alpha value is -2.31. The lowest BCUT2D eigenvalue weighted by atomic mass is 10.2. The van der Waals surface area contributed by atoms with Gasteiger partial charge in [-0.1, -0.05) is 0 Å². The topological polar surface area (TPSA) is 83.0 Å². The molecule has 120 valence electrons. The second-order valence-corrected chi connectivity index (χ2v) is 6.16.